The number of fused-ring (bicyclic) bond motifs is 1. The number of nitrogens with one attached hydrogen (secondary N) is 1. The summed E-state index contributed by atoms with van der Waals surface area (Å²) in [5.41, 5.74) is 1.93. The highest BCUT2D eigenvalue weighted by molar-refractivity contribution is 5.99. The van der Waals surface area contributed by atoms with E-state index in [1.54, 1.807) is 12.1 Å². The van der Waals surface area contributed by atoms with Crippen molar-refractivity contribution in [3.63, 3.8) is 0 Å². The molecule has 2 amide bonds. The van der Waals surface area contributed by atoms with Gasteiger partial charge in [0.1, 0.15) is 5.75 Å². The van der Waals surface area contributed by atoms with Gasteiger partial charge in [-0.05, 0) is 17.7 Å². The second kappa shape index (κ2) is 7.80. The molecule has 140 valence electrons. The van der Waals surface area contributed by atoms with Crippen molar-refractivity contribution in [2.75, 3.05) is 31.5 Å². The molecule has 0 bridgehead atoms. The van der Waals surface area contributed by atoms with Crippen LogP contribution in [0.25, 0.3) is 0 Å². The summed E-state index contributed by atoms with van der Waals surface area (Å²) in [7, 11) is 0. The van der Waals surface area contributed by atoms with Gasteiger partial charge in [0.2, 0.25) is 5.91 Å². The molecule has 0 radical (unpaired) electrons. The molecule has 1 N–H and O–H groups in total. The van der Waals surface area contributed by atoms with E-state index in [1.807, 2.05) is 35.2 Å². The molecule has 2 aliphatic heterocycles. The van der Waals surface area contributed by atoms with E-state index in [0.29, 0.717) is 24.5 Å². The largest absolute Gasteiger partial charge is 0.478 e. The highest BCUT2D eigenvalue weighted by Crippen LogP contribution is 2.29. The second-order valence-electron chi connectivity index (χ2n) is 6.94. The van der Waals surface area contributed by atoms with Crippen molar-refractivity contribution in [1.29, 1.82) is 0 Å². The van der Waals surface area contributed by atoms with Crippen LogP contribution in [0.15, 0.2) is 54.6 Å². The van der Waals surface area contributed by atoms with Gasteiger partial charge in [0.25, 0.3) is 5.91 Å². The first kappa shape index (κ1) is 17.5. The third kappa shape index (κ3) is 4.11. The SMILES string of the molecule is O=C1Nc2ccccc2O[C@@H]1CC(=O)N1CCN(Cc2ccccc2)CC1. The standard InChI is InChI=1S/C21H23N3O3/c25-20(14-19-21(26)22-17-8-4-5-9-18(17)27-19)24-12-10-23(11-13-24)15-16-6-2-1-3-7-16/h1-9,19H,10-15H2,(H,22,26)/t19-/m1/s1. The van der Waals surface area contributed by atoms with Crippen LogP contribution in [0.2, 0.25) is 0 Å². The second-order valence-corrected chi connectivity index (χ2v) is 6.94. The van der Waals surface area contributed by atoms with Gasteiger partial charge in [0.05, 0.1) is 12.1 Å². The number of anilines is 1. The molecule has 6 heteroatoms. The Morgan fingerprint density at radius 1 is 1.00 bits per heavy atom. The number of hydrogen-bond donors (Lipinski definition) is 1. The van der Waals surface area contributed by atoms with Crippen molar-refractivity contribution in [3.8, 4) is 5.75 Å². The summed E-state index contributed by atoms with van der Waals surface area (Å²) in [4.78, 5) is 29.0. The number of amides is 2. The van der Waals surface area contributed by atoms with E-state index in [2.05, 4.69) is 22.3 Å². The molecule has 0 spiro atoms. The molecule has 1 atom stereocenters. The Hall–Kier alpha value is -2.86. The average molecular weight is 365 g/mol. The van der Waals surface area contributed by atoms with Gasteiger partial charge in [-0.15, -0.1) is 0 Å². The number of benzene rings is 2. The molecular formula is C21H23N3O3. The number of carbonyl (C=O) groups excluding carboxylic acids is 2. The quantitative estimate of drug-likeness (QED) is 0.902. The van der Waals surface area contributed by atoms with E-state index in [1.165, 1.54) is 5.56 Å². The number of hydrogen-bond acceptors (Lipinski definition) is 4. The molecule has 2 aromatic carbocycles. The van der Waals surface area contributed by atoms with Crippen LogP contribution in [0.4, 0.5) is 5.69 Å². The number of ether oxygens (including phenoxy) is 1. The molecule has 6 nitrogen and oxygen atoms in total. The Bertz CT molecular complexity index is 816. The van der Waals surface area contributed by atoms with E-state index >= 15 is 0 Å². The molecular weight excluding hydrogens is 342 g/mol. The fraction of sp³-hybridized carbons (Fsp3) is 0.333. The van der Waals surface area contributed by atoms with Gasteiger partial charge in [-0.1, -0.05) is 42.5 Å². The number of nitrogens with zero attached hydrogens (tertiary/aromatic N) is 2. The Morgan fingerprint density at radius 2 is 1.70 bits per heavy atom. The van der Waals surface area contributed by atoms with Gasteiger partial charge < -0.3 is 15.0 Å². The van der Waals surface area contributed by atoms with Crippen molar-refractivity contribution < 1.29 is 14.3 Å². The molecule has 0 aromatic heterocycles. The van der Waals surface area contributed by atoms with Gasteiger partial charge in [-0.25, -0.2) is 0 Å². The van der Waals surface area contributed by atoms with Crippen LogP contribution < -0.4 is 10.1 Å². The van der Waals surface area contributed by atoms with Crippen LogP contribution in [0.3, 0.4) is 0 Å². The lowest BCUT2D eigenvalue weighted by Crippen LogP contribution is -2.50. The Balaban J connectivity index is 1.29. The van der Waals surface area contributed by atoms with E-state index in [4.69, 9.17) is 4.74 Å². The minimum atomic E-state index is -0.769. The summed E-state index contributed by atoms with van der Waals surface area (Å²) in [6.07, 6.45) is -0.700. The lowest BCUT2D eigenvalue weighted by molar-refractivity contribution is -0.138. The third-order valence-corrected chi connectivity index (χ3v) is 5.04. The zero-order chi connectivity index (χ0) is 18.6. The van der Waals surface area contributed by atoms with Gasteiger partial charge in [0, 0.05) is 32.7 Å². The molecule has 4 rings (SSSR count). The van der Waals surface area contributed by atoms with Crippen LogP contribution in [-0.2, 0) is 16.1 Å². The predicted octanol–water partition coefficient (Wildman–Crippen LogP) is 2.12. The van der Waals surface area contributed by atoms with Crippen molar-refractivity contribution in [2.45, 2.75) is 19.1 Å². The number of piperazine rings is 1. The zero-order valence-corrected chi connectivity index (χ0v) is 15.1. The van der Waals surface area contributed by atoms with Crippen molar-refractivity contribution in [1.82, 2.24) is 9.80 Å². The first-order valence-electron chi connectivity index (χ1n) is 9.29. The van der Waals surface area contributed by atoms with Crippen molar-refractivity contribution in [2.24, 2.45) is 0 Å². The van der Waals surface area contributed by atoms with E-state index in [0.717, 1.165) is 19.6 Å². The third-order valence-electron chi connectivity index (χ3n) is 5.04. The first-order valence-corrected chi connectivity index (χ1v) is 9.29. The molecule has 1 saturated heterocycles. The summed E-state index contributed by atoms with van der Waals surface area (Å²) >= 11 is 0. The lowest BCUT2D eigenvalue weighted by atomic mass is 10.1. The Morgan fingerprint density at radius 3 is 2.48 bits per heavy atom. The van der Waals surface area contributed by atoms with E-state index in [9.17, 15) is 9.59 Å². The fourth-order valence-corrected chi connectivity index (χ4v) is 3.51. The maximum atomic E-state index is 12.6. The molecule has 0 aliphatic carbocycles. The van der Waals surface area contributed by atoms with Crippen LogP contribution >= 0.6 is 0 Å². The monoisotopic (exact) mass is 365 g/mol. The normalized spacial score (nSPS) is 19.8. The van der Waals surface area contributed by atoms with E-state index < -0.39 is 6.10 Å². The molecule has 1 fully saturated rings. The summed E-state index contributed by atoms with van der Waals surface area (Å²) in [6, 6.07) is 17.6. The number of rotatable bonds is 4. The molecule has 0 saturated carbocycles. The van der Waals surface area contributed by atoms with Gasteiger partial charge in [-0.2, -0.15) is 0 Å². The zero-order valence-electron chi connectivity index (χ0n) is 15.1. The minimum Gasteiger partial charge on any atom is -0.478 e. The molecule has 2 aliphatic rings. The summed E-state index contributed by atoms with van der Waals surface area (Å²) in [6.45, 7) is 3.92. The van der Waals surface area contributed by atoms with Crippen LogP contribution in [0, 0.1) is 0 Å². The van der Waals surface area contributed by atoms with E-state index in [-0.39, 0.29) is 18.2 Å². The van der Waals surface area contributed by atoms with Crippen molar-refractivity contribution >= 4 is 17.5 Å². The average Bonchev–Trinajstić information content (AvgIpc) is 2.70. The molecule has 2 heterocycles. The predicted molar refractivity (Wildman–Crippen MR) is 102 cm³/mol. The summed E-state index contributed by atoms with van der Waals surface area (Å²) in [5.74, 6) is 0.321. The van der Waals surface area contributed by atoms with Gasteiger partial charge in [0.15, 0.2) is 6.10 Å². The van der Waals surface area contributed by atoms with Crippen molar-refractivity contribution in [3.05, 3.63) is 60.2 Å². The molecule has 0 unspecified atom stereocenters. The van der Waals surface area contributed by atoms with Gasteiger partial charge in [-0.3, -0.25) is 14.5 Å². The minimum absolute atomic E-state index is 0.0334. The number of carbonyl (C=O) groups is 2. The highest BCUT2D eigenvalue weighted by atomic mass is 16.5. The summed E-state index contributed by atoms with van der Waals surface area (Å²) < 4.78 is 5.74. The highest BCUT2D eigenvalue weighted by Gasteiger charge is 2.32. The van der Waals surface area contributed by atoms with Gasteiger partial charge >= 0.3 is 0 Å². The Kier molecular flexibility index (Phi) is 5.07. The van der Waals surface area contributed by atoms with Crippen LogP contribution in [0.1, 0.15) is 12.0 Å². The maximum Gasteiger partial charge on any atom is 0.266 e. The molecule has 27 heavy (non-hydrogen) atoms. The van der Waals surface area contributed by atoms with Crippen LogP contribution in [-0.4, -0.2) is 53.9 Å². The maximum absolute atomic E-state index is 12.6. The summed E-state index contributed by atoms with van der Waals surface area (Å²) in [5, 5.41) is 2.81. The topological polar surface area (TPSA) is 61.9 Å². The molecule has 2 aromatic rings. The smallest absolute Gasteiger partial charge is 0.266 e. The Labute approximate surface area is 158 Å². The lowest BCUT2D eigenvalue weighted by Gasteiger charge is -2.35. The first-order chi connectivity index (χ1) is 13.2. The fourth-order valence-electron chi connectivity index (χ4n) is 3.51. The van der Waals surface area contributed by atoms with Crippen LogP contribution in [0.5, 0.6) is 5.75 Å². The number of para-hydroxylation sites is 2.